The van der Waals surface area contributed by atoms with Crippen molar-refractivity contribution in [3.05, 3.63) is 42.5 Å². The zero-order valence-electron chi connectivity index (χ0n) is 10.3. The minimum atomic E-state index is -3.56. The van der Waals surface area contributed by atoms with Gasteiger partial charge in [0, 0.05) is 6.54 Å². The highest BCUT2D eigenvalue weighted by atomic mass is 32.2. The summed E-state index contributed by atoms with van der Waals surface area (Å²) in [6.45, 7) is 3.40. The van der Waals surface area contributed by atoms with Crippen LogP contribution in [0.4, 0.5) is 5.69 Å². The molecule has 1 aromatic carbocycles. The Morgan fingerprint density at radius 2 is 2.16 bits per heavy atom. The van der Waals surface area contributed by atoms with Crippen LogP contribution in [0.25, 0.3) is 0 Å². The van der Waals surface area contributed by atoms with Crippen molar-refractivity contribution >= 4 is 21.7 Å². The predicted octanol–water partition coefficient (Wildman–Crippen LogP) is 1.27. The summed E-state index contributed by atoms with van der Waals surface area (Å²) in [6.07, 6.45) is 1.66. The molecule has 0 aliphatic carbocycles. The van der Waals surface area contributed by atoms with E-state index in [0.717, 1.165) is 5.56 Å². The third-order valence-corrected chi connectivity index (χ3v) is 4.80. The lowest BCUT2D eigenvalue weighted by atomic mass is 9.94. The number of nitrogens with zero attached hydrogens (tertiary/aromatic N) is 1. The van der Waals surface area contributed by atoms with E-state index in [1.165, 1.54) is 10.4 Å². The lowest BCUT2D eigenvalue weighted by Gasteiger charge is -2.33. The maximum absolute atomic E-state index is 12.2. The van der Waals surface area contributed by atoms with Gasteiger partial charge in [-0.15, -0.1) is 6.58 Å². The van der Waals surface area contributed by atoms with Crippen LogP contribution in [0.3, 0.4) is 0 Å². The van der Waals surface area contributed by atoms with Gasteiger partial charge in [0.1, 0.15) is 0 Å². The second kappa shape index (κ2) is 5.05. The Labute approximate surface area is 112 Å². The van der Waals surface area contributed by atoms with Gasteiger partial charge in [0.05, 0.1) is 17.4 Å². The fraction of sp³-hybridized carbons (Fsp3) is 0.308. The number of para-hydroxylation sites is 1. The smallest absolute Gasteiger partial charge is 0.308 e. The van der Waals surface area contributed by atoms with Crippen LogP contribution in [-0.4, -0.2) is 31.8 Å². The van der Waals surface area contributed by atoms with Gasteiger partial charge in [0.2, 0.25) is 10.0 Å². The lowest BCUT2D eigenvalue weighted by molar-refractivity contribution is -0.141. The number of rotatable bonds is 4. The molecule has 1 aliphatic heterocycles. The first kappa shape index (κ1) is 13.6. The zero-order chi connectivity index (χ0) is 14.0. The Bertz CT molecular complexity index is 609. The summed E-state index contributed by atoms with van der Waals surface area (Å²) in [5.41, 5.74) is 1.32. The Morgan fingerprint density at radius 1 is 1.47 bits per heavy atom. The van der Waals surface area contributed by atoms with E-state index in [1.807, 2.05) is 0 Å². The number of hydrogen-bond acceptors (Lipinski definition) is 3. The Hall–Kier alpha value is -1.82. The quantitative estimate of drug-likeness (QED) is 0.843. The summed E-state index contributed by atoms with van der Waals surface area (Å²) in [4.78, 5) is 11.2. The number of carbonyl (C=O) groups is 1. The van der Waals surface area contributed by atoms with Gasteiger partial charge in [-0.3, -0.25) is 9.10 Å². The van der Waals surface area contributed by atoms with Crippen molar-refractivity contribution in [1.82, 2.24) is 0 Å². The van der Waals surface area contributed by atoms with Gasteiger partial charge in [0.25, 0.3) is 0 Å². The third-order valence-electron chi connectivity index (χ3n) is 3.13. The van der Waals surface area contributed by atoms with E-state index in [2.05, 4.69) is 6.58 Å². The summed E-state index contributed by atoms with van der Waals surface area (Å²) >= 11 is 0. The molecule has 1 aromatic rings. The van der Waals surface area contributed by atoms with Gasteiger partial charge in [-0.25, -0.2) is 8.42 Å². The van der Waals surface area contributed by atoms with Gasteiger partial charge in [-0.1, -0.05) is 24.3 Å². The molecular weight excluding hydrogens is 266 g/mol. The molecule has 1 unspecified atom stereocenters. The zero-order valence-corrected chi connectivity index (χ0v) is 11.1. The summed E-state index contributed by atoms with van der Waals surface area (Å²) in [7, 11) is -3.56. The molecule has 5 nitrogen and oxygen atoms in total. The molecule has 0 radical (unpaired) electrons. The van der Waals surface area contributed by atoms with Crippen LogP contribution >= 0.6 is 0 Å². The van der Waals surface area contributed by atoms with Crippen LogP contribution < -0.4 is 4.31 Å². The van der Waals surface area contributed by atoms with Crippen molar-refractivity contribution in [3.8, 4) is 0 Å². The minimum Gasteiger partial charge on any atom is -0.481 e. The standard InChI is InChI=1S/C13H15NO4S/c1-2-7-19(17,18)14-9-11(13(15)16)8-10-5-3-4-6-12(10)14/h2-6,11H,1,7-9H2,(H,15,16). The molecule has 6 heteroatoms. The van der Waals surface area contributed by atoms with Crippen molar-refractivity contribution < 1.29 is 18.3 Å². The first-order valence-electron chi connectivity index (χ1n) is 5.87. The molecular formula is C13H15NO4S. The van der Waals surface area contributed by atoms with Crippen LogP contribution in [0.2, 0.25) is 0 Å². The molecule has 1 atom stereocenters. The second-order valence-electron chi connectivity index (χ2n) is 4.47. The maximum Gasteiger partial charge on any atom is 0.308 e. The van der Waals surface area contributed by atoms with E-state index < -0.39 is 21.9 Å². The highest BCUT2D eigenvalue weighted by Gasteiger charge is 2.34. The molecule has 0 bridgehead atoms. The van der Waals surface area contributed by atoms with Gasteiger partial charge in [0.15, 0.2) is 0 Å². The van der Waals surface area contributed by atoms with E-state index in [1.54, 1.807) is 24.3 Å². The number of carboxylic acid groups (broad SMARTS) is 1. The second-order valence-corrected chi connectivity index (χ2v) is 6.40. The van der Waals surface area contributed by atoms with Crippen LogP contribution in [0.5, 0.6) is 0 Å². The molecule has 1 aliphatic rings. The molecule has 1 N–H and O–H groups in total. The SMILES string of the molecule is C=CCS(=O)(=O)N1CC(C(=O)O)Cc2ccccc21. The van der Waals surface area contributed by atoms with Crippen LogP contribution in [0, 0.1) is 5.92 Å². The average molecular weight is 281 g/mol. The molecule has 102 valence electrons. The lowest BCUT2D eigenvalue weighted by Crippen LogP contribution is -2.43. The third kappa shape index (κ3) is 2.63. The van der Waals surface area contributed by atoms with Crippen molar-refractivity contribution in [2.45, 2.75) is 6.42 Å². The molecule has 0 saturated heterocycles. The fourth-order valence-electron chi connectivity index (χ4n) is 2.22. The molecule has 0 aromatic heterocycles. The van der Waals surface area contributed by atoms with Crippen molar-refractivity contribution in [2.24, 2.45) is 5.92 Å². The van der Waals surface area contributed by atoms with E-state index >= 15 is 0 Å². The Kier molecular flexibility index (Phi) is 3.61. The van der Waals surface area contributed by atoms with E-state index in [4.69, 9.17) is 5.11 Å². The molecule has 0 spiro atoms. The monoisotopic (exact) mass is 281 g/mol. The molecule has 19 heavy (non-hydrogen) atoms. The maximum atomic E-state index is 12.2. The number of fused-ring (bicyclic) bond motifs is 1. The Morgan fingerprint density at radius 3 is 2.79 bits per heavy atom. The number of anilines is 1. The van der Waals surface area contributed by atoms with Crippen molar-refractivity contribution in [1.29, 1.82) is 0 Å². The molecule has 0 saturated carbocycles. The minimum absolute atomic E-state index is 0.0253. The number of benzene rings is 1. The summed E-state index contributed by atoms with van der Waals surface area (Å²) in [5.74, 6) is -1.89. The highest BCUT2D eigenvalue weighted by molar-refractivity contribution is 7.92. The van der Waals surface area contributed by atoms with E-state index in [0.29, 0.717) is 12.1 Å². The highest BCUT2D eigenvalue weighted by Crippen LogP contribution is 2.31. The van der Waals surface area contributed by atoms with E-state index in [9.17, 15) is 13.2 Å². The number of aliphatic carboxylic acids is 1. The summed E-state index contributed by atoms with van der Waals surface area (Å²) < 4.78 is 25.5. The number of hydrogen-bond donors (Lipinski definition) is 1. The topological polar surface area (TPSA) is 74.7 Å². The van der Waals surface area contributed by atoms with Gasteiger partial charge < -0.3 is 5.11 Å². The van der Waals surface area contributed by atoms with Crippen molar-refractivity contribution in [3.63, 3.8) is 0 Å². The predicted molar refractivity (Wildman–Crippen MR) is 72.6 cm³/mol. The Balaban J connectivity index is 2.48. The molecule has 1 heterocycles. The first-order valence-corrected chi connectivity index (χ1v) is 7.48. The molecule has 0 amide bonds. The fourth-order valence-corrected chi connectivity index (χ4v) is 3.59. The van der Waals surface area contributed by atoms with Gasteiger partial charge in [-0.05, 0) is 18.1 Å². The van der Waals surface area contributed by atoms with Crippen LogP contribution in [-0.2, 0) is 21.2 Å². The normalized spacial score (nSPS) is 18.7. The largest absolute Gasteiger partial charge is 0.481 e. The van der Waals surface area contributed by atoms with E-state index in [-0.39, 0.29) is 12.3 Å². The molecule has 0 fully saturated rings. The van der Waals surface area contributed by atoms with Gasteiger partial charge in [-0.2, -0.15) is 0 Å². The van der Waals surface area contributed by atoms with Crippen LogP contribution in [0.1, 0.15) is 5.56 Å². The summed E-state index contributed by atoms with van der Waals surface area (Å²) in [6, 6.07) is 6.99. The molecule has 2 rings (SSSR count). The van der Waals surface area contributed by atoms with Gasteiger partial charge >= 0.3 is 5.97 Å². The first-order chi connectivity index (χ1) is 8.95. The number of carboxylic acids is 1. The number of sulfonamides is 1. The average Bonchev–Trinajstić information content (AvgIpc) is 2.37. The van der Waals surface area contributed by atoms with Crippen LogP contribution in [0.15, 0.2) is 36.9 Å². The summed E-state index contributed by atoms with van der Waals surface area (Å²) in [5, 5.41) is 9.14. The van der Waals surface area contributed by atoms with Crippen molar-refractivity contribution in [2.75, 3.05) is 16.6 Å².